The number of piperidine rings is 1. The van der Waals surface area contributed by atoms with Crippen LogP contribution in [0.15, 0.2) is 47.6 Å². The molecule has 2 saturated heterocycles. The molecule has 1 aliphatic carbocycles. The number of ether oxygens (including phenoxy) is 3. The monoisotopic (exact) mass is 928 g/mol. The Balaban J connectivity index is 1.72. The van der Waals surface area contributed by atoms with Crippen molar-refractivity contribution in [3.05, 3.63) is 47.6 Å². The molecule has 15 atom stereocenters. The third-order valence-corrected chi connectivity index (χ3v) is 15.1. The zero-order valence-electron chi connectivity index (χ0n) is 40.8. The third-order valence-electron chi connectivity index (χ3n) is 15.1. The molecule has 0 spiro atoms. The van der Waals surface area contributed by atoms with Gasteiger partial charge < -0.3 is 44.6 Å². The lowest BCUT2D eigenvalue weighted by atomic mass is 9.75. The number of hydrogen-bond acceptors (Lipinski definition) is 13. The topological polar surface area (TPSA) is 217 Å². The first-order valence-corrected chi connectivity index (χ1v) is 24.6. The number of ketones is 3. The zero-order chi connectivity index (χ0) is 48.9. The highest BCUT2D eigenvalue weighted by molar-refractivity contribution is 6.39. The number of Topliss-reactive ketones (excluding diaryl/α,β-unsaturated/α-hetero) is 3. The van der Waals surface area contributed by atoms with Crippen LogP contribution in [0.2, 0.25) is 0 Å². The number of esters is 1. The van der Waals surface area contributed by atoms with Gasteiger partial charge in [0.1, 0.15) is 23.7 Å². The zero-order valence-corrected chi connectivity index (χ0v) is 40.8. The highest BCUT2D eigenvalue weighted by Crippen LogP contribution is 2.38. The van der Waals surface area contributed by atoms with Gasteiger partial charge in [0.05, 0.1) is 31.5 Å². The first kappa shape index (κ1) is 55.2. The van der Waals surface area contributed by atoms with Crippen LogP contribution >= 0.6 is 0 Å². The van der Waals surface area contributed by atoms with Crippen molar-refractivity contribution in [1.29, 1.82) is 0 Å². The summed E-state index contributed by atoms with van der Waals surface area (Å²) < 4.78 is 18.2. The molecule has 14 heteroatoms. The molecule has 3 fully saturated rings. The molecule has 5 N–H and O–H groups in total. The minimum atomic E-state index is -2.44. The highest BCUT2D eigenvalue weighted by atomic mass is 16.6. The van der Waals surface area contributed by atoms with Crippen LogP contribution in [0.1, 0.15) is 126 Å². The Kier molecular flexibility index (Phi) is 21.6. The SMILES string of the molecule is CO[C@H]1C[C@@H]2CC[C@@H](C)[C@@](O)(O2)C(=O)C(=O)N2CCCC[C@H]2C(=O)O[C@H]([C@H](C)C[C@@H]2CC[C@@H](O)[C@H](CO)C2)CC(=O)[C@H](C)/C=C(\C)[C@@H](CO)[C@@H](CO)C(=O)[C@H](C)C[C@H](C)/C=C/C=C/C=C/1C. The van der Waals surface area contributed by atoms with Crippen LogP contribution in [0.25, 0.3) is 0 Å². The van der Waals surface area contributed by atoms with E-state index in [-0.39, 0.29) is 61.2 Å². The number of cyclic esters (lactones) is 1. The first-order valence-electron chi connectivity index (χ1n) is 24.6. The van der Waals surface area contributed by atoms with Crippen molar-refractivity contribution < 1.29 is 63.7 Å². The van der Waals surface area contributed by atoms with E-state index in [1.165, 1.54) is 4.90 Å². The number of allylic oxidation sites excluding steroid dienone is 6. The standard InChI is InChI=1S/C52H81NO13/c1-31-14-10-9-11-15-32(2)46(64-8)26-40-19-17-37(7)52(63,66-40)49(60)50(61)53-21-13-12-16-43(53)51(62)65-47(35(5)24-38-18-20-44(57)39(25-38)28-54)27-45(58)34(4)23-33(3)41(29-55)42(30-56)48(59)36(6)22-31/h9-11,14-15,23,31,34-44,46-47,54-57,63H,12-13,16-22,24-30H2,1-8H3/b11-9+,14-10+,32-15+,33-23+/t31-,34-,35-,36-,37-,38+,39+,40+,41-,42-,43+,44-,46+,47+,52-/m1/s1. The van der Waals surface area contributed by atoms with Crippen molar-refractivity contribution in [2.75, 3.05) is 33.5 Å². The molecule has 4 aliphatic rings. The number of carbonyl (C=O) groups is 5. The summed E-state index contributed by atoms with van der Waals surface area (Å²) in [6.07, 6.45) is 13.7. The summed E-state index contributed by atoms with van der Waals surface area (Å²) in [5.41, 5.74) is 1.44. The van der Waals surface area contributed by atoms with E-state index < -0.39 is 96.7 Å². The number of carbonyl (C=O) groups excluding carboxylic acids is 5. The number of aliphatic hydroxyl groups excluding tert-OH is 4. The number of rotatable bonds is 7. The predicted octanol–water partition coefficient (Wildman–Crippen LogP) is 5.62. The number of amides is 1. The van der Waals surface area contributed by atoms with Gasteiger partial charge in [0.25, 0.3) is 11.7 Å². The van der Waals surface area contributed by atoms with Crippen LogP contribution in [-0.2, 0) is 38.2 Å². The fourth-order valence-electron chi connectivity index (χ4n) is 10.7. The molecular weight excluding hydrogens is 847 g/mol. The van der Waals surface area contributed by atoms with Crippen LogP contribution in [0.3, 0.4) is 0 Å². The molecule has 1 saturated carbocycles. The van der Waals surface area contributed by atoms with Crippen molar-refractivity contribution in [2.45, 2.75) is 162 Å². The van der Waals surface area contributed by atoms with Gasteiger partial charge in [0, 0.05) is 68.6 Å². The molecule has 4 rings (SSSR count). The van der Waals surface area contributed by atoms with Crippen molar-refractivity contribution >= 4 is 29.2 Å². The van der Waals surface area contributed by atoms with Gasteiger partial charge in [-0.25, -0.2) is 4.79 Å². The van der Waals surface area contributed by atoms with Gasteiger partial charge in [-0.1, -0.05) is 76.6 Å². The molecule has 0 aromatic rings. The molecular formula is C52H81NO13. The minimum absolute atomic E-state index is 0.00725. The summed E-state index contributed by atoms with van der Waals surface area (Å²) in [5.74, 6) is -9.95. The van der Waals surface area contributed by atoms with E-state index in [9.17, 15) is 49.5 Å². The second-order valence-corrected chi connectivity index (χ2v) is 20.2. The van der Waals surface area contributed by atoms with Gasteiger partial charge in [0.2, 0.25) is 5.79 Å². The number of fused-ring (bicyclic) bond motifs is 3. The summed E-state index contributed by atoms with van der Waals surface area (Å²) in [6, 6.07) is -1.16. The maximum Gasteiger partial charge on any atom is 0.329 e. The Hall–Kier alpha value is -3.37. The fraction of sp³-hybridized carbons (Fsp3) is 0.750. The van der Waals surface area contributed by atoms with Gasteiger partial charge in [0.15, 0.2) is 0 Å². The molecule has 0 aromatic heterocycles. The average Bonchev–Trinajstić information content (AvgIpc) is 3.29. The highest BCUT2D eigenvalue weighted by Gasteiger charge is 2.53. The molecule has 0 radical (unpaired) electrons. The van der Waals surface area contributed by atoms with Gasteiger partial charge in [-0.3, -0.25) is 19.2 Å². The lowest BCUT2D eigenvalue weighted by molar-refractivity contribution is -0.265. The molecule has 0 aromatic carbocycles. The summed E-state index contributed by atoms with van der Waals surface area (Å²) in [6.45, 7) is 11.7. The Morgan fingerprint density at radius 3 is 2.23 bits per heavy atom. The summed E-state index contributed by atoms with van der Waals surface area (Å²) in [5, 5.41) is 53.4. The van der Waals surface area contributed by atoms with Gasteiger partial charge in [-0.2, -0.15) is 0 Å². The summed E-state index contributed by atoms with van der Waals surface area (Å²) in [7, 11) is 1.57. The molecule has 372 valence electrons. The van der Waals surface area contributed by atoms with Crippen LogP contribution < -0.4 is 0 Å². The Morgan fingerprint density at radius 2 is 1.56 bits per heavy atom. The second-order valence-electron chi connectivity index (χ2n) is 20.2. The molecule has 1 amide bonds. The number of aliphatic hydroxyl groups is 5. The summed E-state index contributed by atoms with van der Waals surface area (Å²) >= 11 is 0. The lowest BCUT2D eigenvalue weighted by Gasteiger charge is -2.42. The maximum atomic E-state index is 14.4. The maximum absolute atomic E-state index is 14.4. The molecule has 3 heterocycles. The van der Waals surface area contributed by atoms with E-state index in [0.717, 1.165) is 5.57 Å². The first-order chi connectivity index (χ1) is 31.3. The van der Waals surface area contributed by atoms with Gasteiger partial charge in [-0.05, 0) is 101 Å². The van der Waals surface area contributed by atoms with Crippen LogP contribution in [-0.4, -0.2) is 129 Å². The van der Waals surface area contributed by atoms with E-state index in [0.29, 0.717) is 69.8 Å². The smallest absolute Gasteiger partial charge is 0.329 e. The van der Waals surface area contributed by atoms with Crippen molar-refractivity contribution in [2.24, 2.45) is 53.3 Å². The normalized spacial score (nSPS) is 40.0. The van der Waals surface area contributed by atoms with E-state index in [1.54, 1.807) is 34.0 Å². The van der Waals surface area contributed by atoms with Crippen molar-refractivity contribution in [1.82, 2.24) is 4.90 Å². The van der Waals surface area contributed by atoms with E-state index in [2.05, 4.69) is 0 Å². The quantitative estimate of drug-likeness (QED) is 0.119. The van der Waals surface area contributed by atoms with Crippen molar-refractivity contribution in [3.8, 4) is 0 Å². The minimum Gasteiger partial charge on any atom is -0.460 e. The number of methoxy groups -OCH3 is 1. The van der Waals surface area contributed by atoms with Gasteiger partial charge >= 0.3 is 5.97 Å². The van der Waals surface area contributed by atoms with E-state index in [1.807, 2.05) is 58.1 Å². The number of nitrogens with zero attached hydrogens (tertiary/aromatic N) is 1. The van der Waals surface area contributed by atoms with E-state index >= 15 is 0 Å². The predicted molar refractivity (Wildman–Crippen MR) is 249 cm³/mol. The van der Waals surface area contributed by atoms with Crippen LogP contribution in [0, 0.1) is 53.3 Å². The van der Waals surface area contributed by atoms with E-state index in [4.69, 9.17) is 14.2 Å². The van der Waals surface area contributed by atoms with Gasteiger partial charge in [-0.15, -0.1) is 0 Å². The third kappa shape index (κ3) is 14.3. The molecule has 2 bridgehead atoms. The molecule has 0 unspecified atom stereocenters. The van der Waals surface area contributed by atoms with Crippen molar-refractivity contribution in [3.63, 3.8) is 0 Å². The lowest BCUT2D eigenvalue weighted by Crippen LogP contribution is -2.61. The largest absolute Gasteiger partial charge is 0.460 e. The average molecular weight is 928 g/mol. The Morgan fingerprint density at radius 1 is 0.848 bits per heavy atom. The number of hydrogen-bond donors (Lipinski definition) is 5. The van der Waals surface area contributed by atoms with Crippen LogP contribution in [0.5, 0.6) is 0 Å². The summed E-state index contributed by atoms with van der Waals surface area (Å²) in [4.78, 5) is 72.0. The Labute approximate surface area is 392 Å². The fourth-order valence-corrected chi connectivity index (χ4v) is 10.7. The van der Waals surface area contributed by atoms with Crippen LogP contribution in [0.4, 0.5) is 0 Å². The molecule has 3 aliphatic heterocycles. The molecule has 14 nitrogen and oxygen atoms in total. The second kappa shape index (κ2) is 25.8. The molecule has 66 heavy (non-hydrogen) atoms. The Bertz CT molecular complexity index is 1770.